The summed E-state index contributed by atoms with van der Waals surface area (Å²) in [4.78, 5) is 23.7. The normalized spacial score (nSPS) is 20.4. The van der Waals surface area contributed by atoms with Gasteiger partial charge in [0.2, 0.25) is 11.6 Å². The van der Waals surface area contributed by atoms with Crippen LogP contribution in [0.4, 0.5) is 4.39 Å². The van der Waals surface area contributed by atoms with E-state index in [-0.39, 0.29) is 37.8 Å². The van der Waals surface area contributed by atoms with E-state index in [1.807, 2.05) is 0 Å². The van der Waals surface area contributed by atoms with Crippen molar-refractivity contribution in [3.05, 3.63) is 0 Å². The summed E-state index contributed by atoms with van der Waals surface area (Å²) < 4.78 is 13.6. The van der Waals surface area contributed by atoms with Crippen LogP contribution in [0.25, 0.3) is 0 Å². The first-order chi connectivity index (χ1) is 6.87. The van der Waals surface area contributed by atoms with Crippen molar-refractivity contribution in [1.82, 2.24) is 4.90 Å². The molecule has 1 amide bonds. The summed E-state index contributed by atoms with van der Waals surface area (Å²) in [5.74, 6) is -1.58. The van der Waals surface area contributed by atoms with Gasteiger partial charge in [-0.2, -0.15) is 0 Å². The summed E-state index contributed by atoms with van der Waals surface area (Å²) in [5, 5.41) is 8.65. The van der Waals surface area contributed by atoms with Crippen LogP contribution in [0.15, 0.2) is 0 Å². The average Bonchev–Trinajstić information content (AvgIpc) is 2.17. The largest absolute Gasteiger partial charge is 0.479 e. The number of hydrogen-bond acceptors (Lipinski definition) is 2. The lowest BCUT2D eigenvalue weighted by Crippen LogP contribution is -2.49. The number of halogens is 1. The number of likely N-dealkylation sites (tertiary alicyclic amines) is 1. The number of carbonyl (C=O) groups excluding carboxylic acids is 1. The zero-order valence-electron chi connectivity index (χ0n) is 8.99. The second kappa shape index (κ2) is 4.16. The van der Waals surface area contributed by atoms with Gasteiger partial charge in [-0.15, -0.1) is 0 Å². The van der Waals surface area contributed by atoms with Gasteiger partial charge < -0.3 is 10.0 Å². The molecule has 1 aliphatic heterocycles. The van der Waals surface area contributed by atoms with E-state index >= 15 is 0 Å². The smallest absolute Gasteiger partial charge is 0.341 e. The van der Waals surface area contributed by atoms with E-state index in [2.05, 4.69) is 0 Å². The van der Waals surface area contributed by atoms with E-state index in [1.165, 1.54) is 4.90 Å². The van der Waals surface area contributed by atoms with E-state index in [4.69, 9.17) is 5.11 Å². The second-order valence-corrected chi connectivity index (χ2v) is 4.25. The third kappa shape index (κ3) is 2.46. The Morgan fingerprint density at radius 2 is 1.80 bits per heavy atom. The third-order valence-corrected chi connectivity index (χ3v) is 2.74. The summed E-state index contributed by atoms with van der Waals surface area (Å²) in [6.45, 7) is 3.94. The topological polar surface area (TPSA) is 57.6 Å². The van der Waals surface area contributed by atoms with E-state index < -0.39 is 11.6 Å². The Balaban J connectivity index is 2.56. The highest BCUT2D eigenvalue weighted by molar-refractivity contribution is 5.80. The van der Waals surface area contributed by atoms with Gasteiger partial charge in [0.15, 0.2) is 0 Å². The van der Waals surface area contributed by atoms with Gasteiger partial charge in [-0.1, -0.05) is 13.8 Å². The van der Waals surface area contributed by atoms with Crippen LogP contribution in [0.5, 0.6) is 0 Å². The molecule has 0 aromatic carbocycles. The van der Waals surface area contributed by atoms with Crippen LogP contribution in [0.3, 0.4) is 0 Å². The minimum absolute atomic E-state index is 0.0394. The molecule has 0 aromatic rings. The Morgan fingerprint density at radius 3 is 2.13 bits per heavy atom. The minimum atomic E-state index is -2.15. The Kier molecular flexibility index (Phi) is 3.31. The zero-order valence-corrected chi connectivity index (χ0v) is 8.99. The minimum Gasteiger partial charge on any atom is -0.479 e. The third-order valence-electron chi connectivity index (χ3n) is 2.74. The number of piperidine rings is 1. The van der Waals surface area contributed by atoms with Crippen molar-refractivity contribution in [3.8, 4) is 0 Å². The van der Waals surface area contributed by atoms with Crippen molar-refractivity contribution in [3.63, 3.8) is 0 Å². The van der Waals surface area contributed by atoms with E-state index in [0.717, 1.165) is 0 Å². The highest BCUT2D eigenvalue weighted by Crippen LogP contribution is 2.27. The predicted molar refractivity (Wildman–Crippen MR) is 52.1 cm³/mol. The molecular weight excluding hydrogens is 201 g/mol. The summed E-state index contributed by atoms with van der Waals surface area (Å²) in [7, 11) is 0. The first kappa shape index (κ1) is 11.9. The highest BCUT2D eigenvalue weighted by Gasteiger charge is 2.42. The van der Waals surface area contributed by atoms with Crippen LogP contribution < -0.4 is 0 Å². The van der Waals surface area contributed by atoms with Crippen molar-refractivity contribution < 1.29 is 19.1 Å². The molecule has 0 radical (unpaired) electrons. The predicted octanol–water partition coefficient (Wildman–Crippen LogP) is 1.06. The molecule has 1 saturated heterocycles. The Labute approximate surface area is 88.1 Å². The monoisotopic (exact) mass is 217 g/mol. The first-order valence-corrected chi connectivity index (χ1v) is 5.08. The molecule has 0 unspecified atom stereocenters. The Bertz CT molecular complexity index is 270. The van der Waals surface area contributed by atoms with Gasteiger partial charge >= 0.3 is 5.97 Å². The van der Waals surface area contributed by atoms with Crippen LogP contribution in [-0.2, 0) is 9.59 Å². The van der Waals surface area contributed by atoms with Crippen LogP contribution in [0, 0.1) is 5.92 Å². The quantitative estimate of drug-likeness (QED) is 0.752. The maximum atomic E-state index is 13.6. The molecule has 86 valence electrons. The van der Waals surface area contributed by atoms with Gasteiger partial charge in [-0.3, -0.25) is 4.79 Å². The molecule has 4 nitrogen and oxygen atoms in total. The summed E-state index contributed by atoms with van der Waals surface area (Å²) in [6.07, 6.45) is -0.221. The van der Waals surface area contributed by atoms with Crippen molar-refractivity contribution in [1.29, 1.82) is 0 Å². The molecule has 1 N–H and O–H groups in total. The molecule has 0 aliphatic carbocycles. The Hall–Kier alpha value is -1.13. The number of carboxylic acids is 1. The van der Waals surface area contributed by atoms with Crippen LogP contribution in [-0.4, -0.2) is 40.6 Å². The lowest BCUT2D eigenvalue weighted by Gasteiger charge is -2.34. The molecular formula is C10H16FNO3. The van der Waals surface area contributed by atoms with E-state index in [9.17, 15) is 14.0 Å². The first-order valence-electron chi connectivity index (χ1n) is 5.08. The molecule has 1 heterocycles. The zero-order chi connectivity index (χ0) is 11.6. The van der Waals surface area contributed by atoms with Gasteiger partial charge in [-0.25, -0.2) is 9.18 Å². The maximum absolute atomic E-state index is 13.6. The molecule has 15 heavy (non-hydrogen) atoms. The second-order valence-electron chi connectivity index (χ2n) is 4.25. The molecule has 1 aliphatic rings. The van der Waals surface area contributed by atoms with Crippen molar-refractivity contribution in [2.24, 2.45) is 5.92 Å². The number of hydrogen-bond donors (Lipinski definition) is 1. The lowest BCUT2D eigenvalue weighted by atomic mass is 9.93. The van der Waals surface area contributed by atoms with E-state index in [0.29, 0.717) is 0 Å². The maximum Gasteiger partial charge on any atom is 0.341 e. The molecule has 1 fully saturated rings. The SMILES string of the molecule is CC(C)C(=O)N1CCC(F)(C(=O)O)CC1. The van der Waals surface area contributed by atoms with Crippen LogP contribution in [0.2, 0.25) is 0 Å². The fourth-order valence-corrected chi connectivity index (χ4v) is 1.66. The Morgan fingerprint density at radius 1 is 1.33 bits per heavy atom. The number of carboxylic acid groups (broad SMARTS) is 1. The molecule has 0 atom stereocenters. The van der Waals surface area contributed by atoms with Gasteiger partial charge in [0.1, 0.15) is 0 Å². The molecule has 5 heteroatoms. The number of nitrogens with zero attached hydrogens (tertiary/aromatic N) is 1. The number of alkyl halides is 1. The number of carbonyl (C=O) groups is 2. The molecule has 1 rings (SSSR count). The fraction of sp³-hybridized carbons (Fsp3) is 0.800. The molecule has 0 aromatic heterocycles. The van der Waals surface area contributed by atoms with E-state index in [1.54, 1.807) is 13.8 Å². The van der Waals surface area contributed by atoms with Crippen molar-refractivity contribution in [2.45, 2.75) is 32.4 Å². The highest BCUT2D eigenvalue weighted by atomic mass is 19.1. The average molecular weight is 217 g/mol. The van der Waals surface area contributed by atoms with Crippen molar-refractivity contribution in [2.75, 3.05) is 13.1 Å². The van der Waals surface area contributed by atoms with Gasteiger partial charge in [-0.05, 0) is 0 Å². The fourth-order valence-electron chi connectivity index (χ4n) is 1.66. The summed E-state index contributed by atoms with van der Waals surface area (Å²) in [5.41, 5.74) is -2.15. The van der Waals surface area contributed by atoms with Crippen LogP contribution in [0.1, 0.15) is 26.7 Å². The standard InChI is InChI=1S/C10H16FNO3/c1-7(2)8(13)12-5-3-10(11,4-6-12)9(14)15/h7H,3-6H2,1-2H3,(H,14,15). The molecule has 0 saturated carbocycles. The number of amides is 1. The van der Waals surface area contributed by atoms with Gasteiger partial charge in [0.05, 0.1) is 0 Å². The summed E-state index contributed by atoms with van der Waals surface area (Å²) >= 11 is 0. The number of rotatable bonds is 2. The number of aliphatic carboxylic acids is 1. The van der Waals surface area contributed by atoms with Gasteiger partial charge in [0.25, 0.3) is 0 Å². The molecule has 0 spiro atoms. The van der Waals surface area contributed by atoms with Gasteiger partial charge in [0, 0.05) is 31.8 Å². The van der Waals surface area contributed by atoms with Crippen molar-refractivity contribution >= 4 is 11.9 Å². The lowest BCUT2D eigenvalue weighted by molar-refractivity contribution is -0.156. The molecule has 0 bridgehead atoms. The summed E-state index contributed by atoms with van der Waals surface area (Å²) in [6, 6.07) is 0. The van der Waals surface area contributed by atoms with Crippen LogP contribution >= 0.6 is 0 Å².